The predicted molar refractivity (Wildman–Crippen MR) is 115 cm³/mol. The van der Waals surface area contributed by atoms with Crippen molar-refractivity contribution in [1.29, 1.82) is 0 Å². The van der Waals surface area contributed by atoms with Gasteiger partial charge in [0.25, 0.3) is 0 Å². The largest absolute Gasteiger partial charge is 0.337 e. The molecule has 1 fully saturated rings. The van der Waals surface area contributed by atoms with Crippen LogP contribution in [0, 0.1) is 0 Å². The highest BCUT2D eigenvalue weighted by molar-refractivity contribution is 5.85. The number of carbonyl (C=O) groups is 1. The van der Waals surface area contributed by atoms with Gasteiger partial charge in [0.2, 0.25) is 5.91 Å². The van der Waals surface area contributed by atoms with Crippen molar-refractivity contribution in [2.45, 2.75) is 32.0 Å². The number of hydrogen-bond donors (Lipinski definition) is 1. The number of carbonyl (C=O) groups excluding carboxylic acids is 1. The maximum absolute atomic E-state index is 12.7. The fourth-order valence-electron chi connectivity index (χ4n) is 3.51. The lowest BCUT2D eigenvalue weighted by Crippen LogP contribution is -2.53. The lowest BCUT2D eigenvalue weighted by molar-refractivity contribution is -0.136. The van der Waals surface area contributed by atoms with E-state index < -0.39 is 0 Å². The first-order valence-electron chi connectivity index (χ1n) is 9.00. The van der Waals surface area contributed by atoms with Crippen LogP contribution in [-0.2, 0) is 11.3 Å². The molecule has 0 aliphatic carbocycles. The second kappa shape index (κ2) is 11.3. The zero-order valence-electron chi connectivity index (χ0n) is 15.7. The molecule has 0 spiro atoms. The number of benzene rings is 2. The Labute approximate surface area is 174 Å². The normalized spacial score (nSPS) is 18.1. The number of piperazine rings is 1. The lowest BCUT2D eigenvalue weighted by Gasteiger charge is -2.40. The van der Waals surface area contributed by atoms with Gasteiger partial charge >= 0.3 is 0 Å². The molecule has 0 saturated carbocycles. The average molecular weight is 410 g/mol. The van der Waals surface area contributed by atoms with Crippen LogP contribution in [0.5, 0.6) is 0 Å². The minimum Gasteiger partial charge on any atom is -0.337 e. The lowest BCUT2D eigenvalue weighted by atomic mass is 10.0. The fourth-order valence-corrected chi connectivity index (χ4v) is 3.51. The average Bonchev–Trinajstić information content (AvgIpc) is 2.63. The SMILES string of the molecule is CC1CN(Cc2ccccc2)CCN1C(=O)CC(N)c1ccccc1.Cl.Cl. The van der Waals surface area contributed by atoms with Crippen LogP contribution in [0.15, 0.2) is 60.7 Å². The Morgan fingerprint density at radius 3 is 2.22 bits per heavy atom. The van der Waals surface area contributed by atoms with Crippen LogP contribution in [0.2, 0.25) is 0 Å². The summed E-state index contributed by atoms with van der Waals surface area (Å²) in [6, 6.07) is 20.3. The van der Waals surface area contributed by atoms with Crippen LogP contribution in [-0.4, -0.2) is 41.4 Å². The van der Waals surface area contributed by atoms with Gasteiger partial charge in [0.1, 0.15) is 0 Å². The fraction of sp³-hybridized carbons (Fsp3) is 0.381. The van der Waals surface area contributed by atoms with E-state index in [0.717, 1.165) is 31.7 Å². The standard InChI is InChI=1S/C21H27N3O.2ClH/c1-17-15-23(16-18-8-4-2-5-9-18)12-13-24(17)21(25)14-20(22)19-10-6-3-7-11-19;;/h2-11,17,20H,12-16,22H2,1H3;2*1H. The summed E-state index contributed by atoms with van der Waals surface area (Å²) in [6.07, 6.45) is 0.368. The van der Waals surface area contributed by atoms with Crippen molar-refractivity contribution in [1.82, 2.24) is 9.80 Å². The molecule has 2 atom stereocenters. The van der Waals surface area contributed by atoms with Gasteiger partial charge in [-0.3, -0.25) is 9.69 Å². The zero-order valence-corrected chi connectivity index (χ0v) is 17.3. The first-order valence-corrected chi connectivity index (χ1v) is 9.00. The van der Waals surface area contributed by atoms with E-state index in [9.17, 15) is 4.79 Å². The van der Waals surface area contributed by atoms with E-state index in [1.54, 1.807) is 0 Å². The minimum atomic E-state index is -0.233. The van der Waals surface area contributed by atoms with Crippen molar-refractivity contribution in [3.05, 3.63) is 71.8 Å². The Kier molecular flexibility index (Phi) is 9.81. The predicted octanol–water partition coefficient (Wildman–Crippen LogP) is 3.65. The molecule has 148 valence electrons. The molecule has 0 radical (unpaired) electrons. The molecular formula is C21H29Cl2N3O. The number of nitrogens with two attached hydrogens (primary N) is 1. The molecule has 6 heteroatoms. The van der Waals surface area contributed by atoms with Crippen molar-refractivity contribution < 1.29 is 4.79 Å². The zero-order chi connectivity index (χ0) is 17.6. The molecule has 4 nitrogen and oxygen atoms in total. The van der Waals surface area contributed by atoms with Crippen molar-refractivity contribution in [2.24, 2.45) is 5.73 Å². The number of halogens is 2. The van der Waals surface area contributed by atoms with Crippen molar-refractivity contribution in [3.63, 3.8) is 0 Å². The molecule has 1 amide bonds. The number of rotatable bonds is 5. The molecule has 2 aromatic carbocycles. The third-order valence-corrected chi connectivity index (χ3v) is 4.90. The van der Waals surface area contributed by atoms with Gasteiger partial charge < -0.3 is 10.6 Å². The summed E-state index contributed by atoms with van der Waals surface area (Å²) in [4.78, 5) is 17.1. The highest BCUT2D eigenvalue weighted by Crippen LogP contribution is 2.18. The van der Waals surface area contributed by atoms with Crippen LogP contribution in [0.1, 0.15) is 30.5 Å². The molecule has 1 heterocycles. The van der Waals surface area contributed by atoms with Gasteiger partial charge in [-0.2, -0.15) is 0 Å². The topological polar surface area (TPSA) is 49.6 Å². The first-order chi connectivity index (χ1) is 12.1. The van der Waals surface area contributed by atoms with Gasteiger partial charge in [-0.15, -0.1) is 24.8 Å². The molecule has 27 heavy (non-hydrogen) atoms. The summed E-state index contributed by atoms with van der Waals surface area (Å²) in [5, 5.41) is 0. The van der Waals surface area contributed by atoms with Crippen molar-refractivity contribution in [2.75, 3.05) is 19.6 Å². The Bertz CT molecular complexity index is 684. The molecule has 1 aliphatic heterocycles. The molecule has 2 unspecified atom stereocenters. The second-order valence-electron chi connectivity index (χ2n) is 6.88. The van der Waals surface area contributed by atoms with E-state index in [-0.39, 0.29) is 42.8 Å². The molecular weight excluding hydrogens is 381 g/mol. The number of nitrogens with zero attached hydrogens (tertiary/aromatic N) is 2. The molecule has 0 aromatic heterocycles. The Morgan fingerprint density at radius 2 is 1.63 bits per heavy atom. The minimum absolute atomic E-state index is 0. The molecule has 2 aromatic rings. The molecule has 1 saturated heterocycles. The van der Waals surface area contributed by atoms with Gasteiger partial charge in [0, 0.05) is 44.7 Å². The van der Waals surface area contributed by atoms with Crippen molar-refractivity contribution >= 4 is 30.7 Å². The van der Waals surface area contributed by atoms with Crippen LogP contribution >= 0.6 is 24.8 Å². The van der Waals surface area contributed by atoms with Crippen LogP contribution in [0.25, 0.3) is 0 Å². The quantitative estimate of drug-likeness (QED) is 0.819. The van der Waals surface area contributed by atoms with Crippen molar-refractivity contribution in [3.8, 4) is 0 Å². The monoisotopic (exact) mass is 409 g/mol. The number of amides is 1. The summed E-state index contributed by atoms with van der Waals surface area (Å²) in [5.74, 6) is 0.156. The Hall–Kier alpha value is -1.59. The van der Waals surface area contributed by atoms with E-state index in [1.807, 2.05) is 41.3 Å². The highest BCUT2D eigenvalue weighted by Gasteiger charge is 2.28. The summed E-state index contributed by atoms with van der Waals surface area (Å²) in [5.41, 5.74) is 8.56. The Morgan fingerprint density at radius 1 is 1.04 bits per heavy atom. The molecule has 0 bridgehead atoms. The highest BCUT2D eigenvalue weighted by atomic mass is 35.5. The van der Waals surface area contributed by atoms with Gasteiger partial charge in [-0.25, -0.2) is 0 Å². The second-order valence-corrected chi connectivity index (χ2v) is 6.88. The van der Waals surface area contributed by atoms with Crippen LogP contribution in [0.3, 0.4) is 0 Å². The summed E-state index contributed by atoms with van der Waals surface area (Å²) in [7, 11) is 0. The van der Waals surface area contributed by atoms with Gasteiger partial charge in [-0.1, -0.05) is 60.7 Å². The van der Waals surface area contributed by atoms with Gasteiger partial charge in [0.15, 0.2) is 0 Å². The Balaban J connectivity index is 0.00000182. The van der Waals surface area contributed by atoms with E-state index in [2.05, 4.69) is 36.1 Å². The third-order valence-electron chi connectivity index (χ3n) is 4.90. The van der Waals surface area contributed by atoms with E-state index in [0.29, 0.717) is 6.42 Å². The molecule has 2 N–H and O–H groups in total. The maximum atomic E-state index is 12.7. The van der Waals surface area contributed by atoms with Crippen LogP contribution in [0.4, 0.5) is 0 Å². The summed E-state index contributed by atoms with van der Waals surface area (Å²) >= 11 is 0. The van der Waals surface area contributed by atoms with E-state index >= 15 is 0 Å². The third kappa shape index (κ3) is 6.51. The first kappa shape index (κ1) is 23.4. The molecule has 1 aliphatic rings. The van der Waals surface area contributed by atoms with E-state index in [1.165, 1.54) is 5.56 Å². The van der Waals surface area contributed by atoms with Gasteiger partial charge in [-0.05, 0) is 18.1 Å². The smallest absolute Gasteiger partial charge is 0.224 e. The summed E-state index contributed by atoms with van der Waals surface area (Å²) < 4.78 is 0. The summed E-state index contributed by atoms with van der Waals surface area (Å²) in [6.45, 7) is 5.65. The maximum Gasteiger partial charge on any atom is 0.224 e. The molecule has 3 rings (SSSR count). The van der Waals surface area contributed by atoms with E-state index in [4.69, 9.17) is 5.73 Å². The number of hydrogen-bond acceptors (Lipinski definition) is 3. The van der Waals surface area contributed by atoms with Crippen LogP contribution < -0.4 is 5.73 Å². The van der Waals surface area contributed by atoms with Gasteiger partial charge in [0.05, 0.1) is 0 Å².